The number of benzene rings is 1. The first-order valence-electron chi connectivity index (χ1n) is 6.04. The molecule has 0 unspecified atom stereocenters. The molecule has 2 rings (SSSR count). The Morgan fingerprint density at radius 3 is 2.56 bits per heavy atom. The maximum Gasteiger partial charge on any atom is 0.101 e. The van der Waals surface area contributed by atoms with Crippen LogP contribution in [0.1, 0.15) is 29.8 Å². The van der Waals surface area contributed by atoms with Gasteiger partial charge in [0.15, 0.2) is 0 Å². The topological polar surface area (TPSA) is 38.9 Å². The van der Waals surface area contributed by atoms with Crippen molar-refractivity contribution in [1.29, 1.82) is 0 Å². The summed E-state index contributed by atoms with van der Waals surface area (Å²) in [5, 5.41) is 1.03. The van der Waals surface area contributed by atoms with Gasteiger partial charge in [-0.25, -0.2) is 4.98 Å². The zero-order valence-corrected chi connectivity index (χ0v) is 11.8. The summed E-state index contributed by atoms with van der Waals surface area (Å²) in [5.74, 6) is 0. The van der Waals surface area contributed by atoms with Crippen molar-refractivity contribution < 1.29 is 0 Å². The smallest absolute Gasteiger partial charge is 0.101 e. The average Bonchev–Trinajstić information content (AvgIpc) is 2.27. The van der Waals surface area contributed by atoms with Gasteiger partial charge in [0.05, 0.1) is 0 Å². The molecule has 0 aliphatic carbocycles. The van der Waals surface area contributed by atoms with Gasteiger partial charge in [0.25, 0.3) is 0 Å². The molecule has 2 nitrogen and oxygen atoms in total. The highest BCUT2D eigenvalue weighted by Gasteiger charge is 2.08. The van der Waals surface area contributed by atoms with Crippen molar-refractivity contribution in [2.45, 2.75) is 36.7 Å². The lowest BCUT2D eigenvalue weighted by molar-refractivity contribution is 0.797. The lowest BCUT2D eigenvalue weighted by Gasteiger charge is -2.12. The number of hydrogen-bond donors (Lipinski definition) is 1. The lowest BCUT2D eigenvalue weighted by atomic mass is 10.1. The van der Waals surface area contributed by atoms with Gasteiger partial charge in [0, 0.05) is 16.6 Å². The molecule has 0 amide bonds. The fraction of sp³-hybridized carbons (Fsp3) is 0.267. The number of aryl methyl sites for hydroxylation is 2. The van der Waals surface area contributed by atoms with Gasteiger partial charge in [-0.1, -0.05) is 30.0 Å². The Labute approximate surface area is 113 Å². The van der Waals surface area contributed by atoms with Gasteiger partial charge in [-0.3, -0.25) is 0 Å². The van der Waals surface area contributed by atoms with Gasteiger partial charge < -0.3 is 5.73 Å². The molecule has 3 heteroatoms. The minimum absolute atomic E-state index is 0.0413. The van der Waals surface area contributed by atoms with E-state index in [0.29, 0.717) is 0 Å². The summed E-state index contributed by atoms with van der Waals surface area (Å²) in [5.41, 5.74) is 9.45. The van der Waals surface area contributed by atoms with E-state index in [1.54, 1.807) is 11.8 Å². The third-order valence-electron chi connectivity index (χ3n) is 2.70. The number of nitrogens with two attached hydrogens (primary N) is 1. The average molecular weight is 258 g/mol. The van der Waals surface area contributed by atoms with Crippen LogP contribution in [-0.4, -0.2) is 4.98 Å². The van der Waals surface area contributed by atoms with Crippen LogP contribution in [0.2, 0.25) is 0 Å². The summed E-state index contributed by atoms with van der Waals surface area (Å²) in [6, 6.07) is 12.5. The molecule has 1 aromatic carbocycles. The summed E-state index contributed by atoms with van der Waals surface area (Å²) in [6.45, 7) is 6.12. The van der Waals surface area contributed by atoms with Crippen LogP contribution in [0.4, 0.5) is 0 Å². The van der Waals surface area contributed by atoms with Crippen molar-refractivity contribution in [2.24, 2.45) is 5.73 Å². The lowest BCUT2D eigenvalue weighted by Crippen LogP contribution is -2.06. The number of rotatable bonds is 3. The summed E-state index contributed by atoms with van der Waals surface area (Å²) in [4.78, 5) is 5.74. The summed E-state index contributed by atoms with van der Waals surface area (Å²) in [7, 11) is 0. The van der Waals surface area contributed by atoms with E-state index in [2.05, 4.69) is 36.2 Å². The Morgan fingerprint density at radius 2 is 1.89 bits per heavy atom. The first-order valence-corrected chi connectivity index (χ1v) is 6.85. The maximum absolute atomic E-state index is 5.99. The van der Waals surface area contributed by atoms with E-state index in [-0.39, 0.29) is 6.04 Å². The van der Waals surface area contributed by atoms with Crippen LogP contribution in [0, 0.1) is 13.8 Å². The van der Waals surface area contributed by atoms with Crippen LogP contribution in [0.3, 0.4) is 0 Å². The first-order chi connectivity index (χ1) is 8.56. The minimum Gasteiger partial charge on any atom is -0.324 e. The zero-order chi connectivity index (χ0) is 13.1. The molecule has 0 aliphatic heterocycles. The maximum atomic E-state index is 5.99. The van der Waals surface area contributed by atoms with Gasteiger partial charge in [0.1, 0.15) is 5.03 Å². The molecule has 0 saturated carbocycles. The van der Waals surface area contributed by atoms with E-state index >= 15 is 0 Å². The molecule has 2 N–H and O–H groups in total. The third kappa shape index (κ3) is 3.12. The standard InChI is InChI=1S/C15H18N2S/c1-10-8-11(2)17-15(9-10)18-14-7-5-4-6-13(14)12(3)16/h4-9,12H,16H2,1-3H3/t12-/m0/s1. The zero-order valence-electron chi connectivity index (χ0n) is 11.0. The van der Waals surface area contributed by atoms with E-state index < -0.39 is 0 Å². The van der Waals surface area contributed by atoms with Crippen LogP contribution < -0.4 is 5.73 Å². The van der Waals surface area contributed by atoms with Crippen LogP contribution >= 0.6 is 11.8 Å². The van der Waals surface area contributed by atoms with Crippen LogP contribution in [0.5, 0.6) is 0 Å². The van der Waals surface area contributed by atoms with E-state index in [0.717, 1.165) is 10.7 Å². The highest BCUT2D eigenvalue weighted by molar-refractivity contribution is 7.99. The number of pyridine rings is 1. The molecular formula is C15H18N2S. The van der Waals surface area contributed by atoms with Crippen molar-refractivity contribution in [2.75, 3.05) is 0 Å². The quantitative estimate of drug-likeness (QED) is 0.908. The predicted octanol–water partition coefficient (Wildman–Crippen LogP) is 3.87. The van der Waals surface area contributed by atoms with Crippen molar-refractivity contribution in [3.63, 3.8) is 0 Å². The van der Waals surface area contributed by atoms with Crippen molar-refractivity contribution in [1.82, 2.24) is 4.98 Å². The molecule has 2 aromatic rings. The summed E-state index contributed by atoms with van der Waals surface area (Å²) >= 11 is 1.68. The third-order valence-corrected chi connectivity index (χ3v) is 3.71. The highest BCUT2D eigenvalue weighted by Crippen LogP contribution is 2.32. The second-order valence-corrected chi connectivity index (χ2v) is 5.61. The molecule has 0 fully saturated rings. The molecule has 0 saturated heterocycles. The Kier molecular flexibility index (Phi) is 4.04. The molecule has 1 atom stereocenters. The second kappa shape index (κ2) is 5.55. The van der Waals surface area contributed by atoms with E-state index in [9.17, 15) is 0 Å². The van der Waals surface area contributed by atoms with Crippen LogP contribution in [0.25, 0.3) is 0 Å². The molecule has 18 heavy (non-hydrogen) atoms. The number of nitrogens with zero attached hydrogens (tertiary/aromatic N) is 1. The molecule has 0 aliphatic rings. The molecular weight excluding hydrogens is 240 g/mol. The molecule has 0 spiro atoms. The number of aromatic nitrogens is 1. The van der Waals surface area contributed by atoms with Crippen LogP contribution in [-0.2, 0) is 0 Å². The SMILES string of the molecule is Cc1cc(C)nc(Sc2ccccc2[C@H](C)N)c1. The van der Waals surface area contributed by atoms with Gasteiger partial charge >= 0.3 is 0 Å². The largest absolute Gasteiger partial charge is 0.324 e. The Balaban J connectivity index is 2.34. The van der Waals surface area contributed by atoms with E-state index in [4.69, 9.17) is 5.73 Å². The Hall–Kier alpha value is -1.32. The fourth-order valence-corrected chi connectivity index (χ4v) is 3.10. The monoisotopic (exact) mass is 258 g/mol. The highest BCUT2D eigenvalue weighted by atomic mass is 32.2. The van der Waals surface area contributed by atoms with E-state index in [1.165, 1.54) is 16.0 Å². The Morgan fingerprint density at radius 1 is 1.17 bits per heavy atom. The van der Waals surface area contributed by atoms with Crippen molar-refractivity contribution >= 4 is 11.8 Å². The Bertz CT molecular complexity index is 530. The molecule has 1 aromatic heterocycles. The molecule has 94 valence electrons. The summed E-state index contributed by atoms with van der Waals surface area (Å²) in [6.07, 6.45) is 0. The molecule has 0 bridgehead atoms. The fourth-order valence-electron chi connectivity index (χ4n) is 1.92. The predicted molar refractivity (Wildman–Crippen MR) is 76.9 cm³/mol. The second-order valence-electron chi connectivity index (χ2n) is 4.55. The minimum atomic E-state index is 0.0413. The van der Waals surface area contributed by atoms with Crippen LogP contribution in [0.15, 0.2) is 46.3 Å². The van der Waals surface area contributed by atoms with Gasteiger partial charge in [-0.15, -0.1) is 0 Å². The number of hydrogen-bond acceptors (Lipinski definition) is 3. The first kappa shape index (κ1) is 13.1. The van der Waals surface area contributed by atoms with Crippen molar-refractivity contribution in [3.8, 4) is 0 Å². The van der Waals surface area contributed by atoms with Gasteiger partial charge in [-0.2, -0.15) is 0 Å². The normalized spacial score (nSPS) is 12.4. The van der Waals surface area contributed by atoms with Gasteiger partial charge in [0.2, 0.25) is 0 Å². The molecule has 0 radical (unpaired) electrons. The van der Waals surface area contributed by atoms with E-state index in [1.807, 2.05) is 26.0 Å². The van der Waals surface area contributed by atoms with Gasteiger partial charge in [-0.05, 0) is 50.1 Å². The van der Waals surface area contributed by atoms with Crippen molar-refractivity contribution in [3.05, 3.63) is 53.2 Å². The summed E-state index contributed by atoms with van der Waals surface area (Å²) < 4.78 is 0. The molecule has 1 heterocycles.